The van der Waals surface area contributed by atoms with Gasteiger partial charge in [0.25, 0.3) is 0 Å². The van der Waals surface area contributed by atoms with Gasteiger partial charge in [0.2, 0.25) is 0 Å². The van der Waals surface area contributed by atoms with E-state index in [9.17, 15) is 4.79 Å². The van der Waals surface area contributed by atoms with Gasteiger partial charge in [-0.15, -0.1) is 6.42 Å². The Hall–Kier alpha value is -1.21. The van der Waals surface area contributed by atoms with Crippen molar-refractivity contribution in [1.82, 2.24) is 9.80 Å². The number of carbonyl (C=O) groups is 1. The van der Waals surface area contributed by atoms with Crippen LogP contribution in [0.4, 0.5) is 4.79 Å². The first kappa shape index (κ1) is 18.1. The zero-order valence-corrected chi connectivity index (χ0v) is 15.4. The molecule has 0 aromatic carbocycles. The minimum atomic E-state index is -0.418. The Labute approximate surface area is 141 Å². The zero-order chi connectivity index (χ0) is 17.3. The molecule has 0 aromatic heterocycles. The summed E-state index contributed by atoms with van der Waals surface area (Å²) in [5, 5.41) is 0. The van der Waals surface area contributed by atoms with Crippen molar-refractivity contribution in [2.24, 2.45) is 5.41 Å². The lowest BCUT2D eigenvalue weighted by molar-refractivity contribution is -0.00949. The molecule has 2 saturated heterocycles. The van der Waals surface area contributed by atoms with Crippen molar-refractivity contribution in [2.75, 3.05) is 26.2 Å². The first-order valence-corrected chi connectivity index (χ1v) is 8.78. The molecule has 2 heterocycles. The van der Waals surface area contributed by atoms with Gasteiger partial charge in [0.1, 0.15) is 5.60 Å². The second-order valence-electron chi connectivity index (χ2n) is 8.66. The summed E-state index contributed by atoms with van der Waals surface area (Å²) in [5.41, 5.74) is -0.184. The topological polar surface area (TPSA) is 32.8 Å². The average molecular weight is 320 g/mol. The van der Waals surface area contributed by atoms with Crippen molar-refractivity contribution in [2.45, 2.75) is 71.4 Å². The second-order valence-corrected chi connectivity index (χ2v) is 8.66. The van der Waals surface area contributed by atoms with Crippen molar-refractivity contribution in [3.05, 3.63) is 0 Å². The van der Waals surface area contributed by atoms with Crippen LogP contribution in [0.1, 0.15) is 60.3 Å². The van der Waals surface area contributed by atoms with Crippen LogP contribution in [0.3, 0.4) is 0 Å². The van der Waals surface area contributed by atoms with Crippen molar-refractivity contribution in [1.29, 1.82) is 0 Å². The molecule has 0 atom stereocenters. The van der Waals surface area contributed by atoms with Gasteiger partial charge in [-0.1, -0.05) is 5.92 Å². The number of nitrogens with zero attached hydrogens (tertiary/aromatic N) is 2. The number of carbonyl (C=O) groups excluding carboxylic acids is 1. The molecule has 2 fully saturated rings. The van der Waals surface area contributed by atoms with E-state index in [2.05, 4.69) is 24.7 Å². The Kier molecular flexibility index (Phi) is 5.01. The van der Waals surface area contributed by atoms with E-state index in [1.54, 1.807) is 0 Å². The maximum atomic E-state index is 12.2. The molecular weight excluding hydrogens is 288 g/mol. The van der Waals surface area contributed by atoms with Crippen molar-refractivity contribution in [3.8, 4) is 12.3 Å². The molecule has 0 aromatic rings. The molecule has 0 bridgehead atoms. The van der Waals surface area contributed by atoms with Crippen LogP contribution in [-0.4, -0.2) is 53.2 Å². The van der Waals surface area contributed by atoms with Crippen LogP contribution in [0, 0.1) is 17.8 Å². The van der Waals surface area contributed by atoms with Crippen molar-refractivity contribution < 1.29 is 9.53 Å². The van der Waals surface area contributed by atoms with Gasteiger partial charge in [0.05, 0.1) is 5.54 Å². The summed E-state index contributed by atoms with van der Waals surface area (Å²) in [7, 11) is 0. The van der Waals surface area contributed by atoms with E-state index >= 15 is 0 Å². The highest BCUT2D eigenvalue weighted by atomic mass is 16.6. The Morgan fingerprint density at radius 3 is 1.91 bits per heavy atom. The van der Waals surface area contributed by atoms with Crippen LogP contribution in [0.2, 0.25) is 0 Å². The third-order valence-corrected chi connectivity index (χ3v) is 5.44. The maximum Gasteiger partial charge on any atom is 0.410 e. The van der Waals surface area contributed by atoms with Gasteiger partial charge in [0, 0.05) is 26.2 Å². The molecule has 4 heteroatoms. The van der Waals surface area contributed by atoms with Crippen LogP contribution in [0.15, 0.2) is 0 Å². The molecule has 0 saturated carbocycles. The largest absolute Gasteiger partial charge is 0.444 e. The molecule has 130 valence electrons. The Morgan fingerprint density at radius 2 is 1.48 bits per heavy atom. The molecule has 0 unspecified atom stereocenters. The van der Waals surface area contributed by atoms with Gasteiger partial charge in [-0.05, 0) is 65.7 Å². The van der Waals surface area contributed by atoms with E-state index < -0.39 is 5.60 Å². The lowest BCUT2D eigenvalue weighted by Crippen LogP contribution is -2.53. The molecule has 1 amide bonds. The number of terminal acetylenes is 1. The number of ether oxygens (including phenoxy) is 1. The first-order valence-electron chi connectivity index (χ1n) is 8.78. The van der Waals surface area contributed by atoms with E-state index in [0.717, 1.165) is 39.0 Å². The summed E-state index contributed by atoms with van der Waals surface area (Å²) in [5.74, 6) is 2.90. The predicted octanol–water partition coefficient (Wildman–Crippen LogP) is 3.51. The van der Waals surface area contributed by atoms with E-state index in [1.807, 2.05) is 25.7 Å². The molecule has 2 aliphatic heterocycles. The van der Waals surface area contributed by atoms with Crippen molar-refractivity contribution >= 4 is 6.09 Å². The number of piperidine rings is 2. The molecule has 4 nitrogen and oxygen atoms in total. The highest BCUT2D eigenvalue weighted by Crippen LogP contribution is 2.42. The quantitative estimate of drug-likeness (QED) is 0.693. The monoisotopic (exact) mass is 320 g/mol. The number of hydrogen-bond acceptors (Lipinski definition) is 3. The predicted molar refractivity (Wildman–Crippen MR) is 93.2 cm³/mol. The first-order chi connectivity index (χ1) is 10.6. The summed E-state index contributed by atoms with van der Waals surface area (Å²) >= 11 is 0. The highest BCUT2D eigenvalue weighted by Gasteiger charge is 2.41. The van der Waals surface area contributed by atoms with E-state index in [1.165, 1.54) is 12.8 Å². The standard InChI is InChI=1S/C19H32N2O2/c1-7-18(5,6)21-14-10-19(11-15-21)8-12-20(13-9-19)16(22)23-17(2,3)4/h1H,8-15H2,2-6H3. The number of likely N-dealkylation sites (tertiary alicyclic amines) is 2. The van der Waals surface area contributed by atoms with Crippen LogP contribution < -0.4 is 0 Å². The summed E-state index contributed by atoms with van der Waals surface area (Å²) in [6.45, 7) is 13.7. The fourth-order valence-corrected chi connectivity index (χ4v) is 3.62. The van der Waals surface area contributed by atoms with Crippen molar-refractivity contribution in [3.63, 3.8) is 0 Å². The summed E-state index contributed by atoms with van der Waals surface area (Å²) in [4.78, 5) is 16.5. The lowest BCUT2D eigenvalue weighted by Gasteiger charge is -2.49. The number of amides is 1. The number of hydrogen-bond donors (Lipinski definition) is 0. The van der Waals surface area contributed by atoms with Crippen LogP contribution in [-0.2, 0) is 4.74 Å². The van der Waals surface area contributed by atoms with E-state index in [0.29, 0.717) is 5.41 Å². The lowest BCUT2D eigenvalue weighted by atomic mass is 9.70. The highest BCUT2D eigenvalue weighted by molar-refractivity contribution is 5.68. The molecule has 1 spiro atoms. The molecule has 2 rings (SSSR count). The molecule has 2 aliphatic rings. The van der Waals surface area contributed by atoms with E-state index in [-0.39, 0.29) is 11.6 Å². The molecule has 23 heavy (non-hydrogen) atoms. The summed E-state index contributed by atoms with van der Waals surface area (Å²) in [6, 6.07) is 0. The van der Waals surface area contributed by atoms with Gasteiger partial charge >= 0.3 is 6.09 Å². The van der Waals surface area contributed by atoms with Gasteiger partial charge < -0.3 is 9.64 Å². The van der Waals surface area contributed by atoms with Gasteiger partial charge in [0.15, 0.2) is 0 Å². The van der Waals surface area contributed by atoms with Gasteiger partial charge in [-0.25, -0.2) is 4.79 Å². The van der Waals surface area contributed by atoms with Crippen LogP contribution in [0.25, 0.3) is 0 Å². The molecule has 0 N–H and O–H groups in total. The smallest absolute Gasteiger partial charge is 0.410 e. The molecule has 0 aliphatic carbocycles. The van der Waals surface area contributed by atoms with E-state index in [4.69, 9.17) is 11.2 Å². The van der Waals surface area contributed by atoms with Crippen LogP contribution >= 0.6 is 0 Å². The Morgan fingerprint density at radius 1 is 1.00 bits per heavy atom. The summed E-state index contributed by atoms with van der Waals surface area (Å²) < 4.78 is 5.49. The zero-order valence-electron chi connectivity index (χ0n) is 15.4. The van der Waals surface area contributed by atoms with Crippen LogP contribution in [0.5, 0.6) is 0 Å². The minimum absolute atomic E-state index is 0.154. The summed E-state index contributed by atoms with van der Waals surface area (Å²) in [6.07, 6.45) is 10.0. The average Bonchev–Trinajstić information content (AvgIpc) is 2.46. The maximum absolute atomic E-state index is 12.2. The normalized spacial score (nSPS) is 22.7. The number of rotatable bonds is 1. The Bertz CT molecular complexity index is 467. The Balaban J connectivity index is 1.86. The molecule has 0 radical (unpaired) electrons. The fourth-order valence-electron chi connectivity index (χ4n) is 3.62. The fraction of sp³-hybridized carbons (Fsp3) is 0.842. The molecular formula is C19H32N2O2. The third kappa shape index (κ3) is 4.41. The second kappa shape index (κ2) is 6.36. The van der Waals surface area contributed by atoms with Gasteiger partial charge in [-0.3, -0.25) is 4.90 Å². The third-order valence-electron chi connectivity index (χ3n) is 5.44. The SMILES string of the molecule is C#CC(C)(C)N1CCC2(CCN(C(=O)OC(C)(C)C)CC2)CC1. The minimum Gasteiger partial charge on any atom is -0.444 e. The van der Waals surface area contributed by atoms with Gasteiger partial charge in [-0.2, -0.15) is 0 Å².